The van der Waals surface area contributed by atoms with Gasteiger partial charge in [-0.1, -0.05) is 18.2 Å². The number of aromatic nitrogens is 2. The molecular weight excluding hydrogens is 382 g/mol. The van der Waals surface area contributed by atoms with E-state index in [1.165, 1.54) is 0 Å². The predicted octanol–water partition coefficient (Wildman–Crippen LogP) is 4.02. The summed E-state index contributed by atoms with van der Waals surface area (Å²) in [5.41, 5.74) is 2.43. The maximum Gasteiger partial charge on any atom is 0.294 e. The Morgan fingerprint density at radius 2 is 2.07 bits per heavy atom. The van der Waals surface area contributed by atoms with Crippen LogP contribution in [0.5, 0.6) is 11.5 Å². The number of ether oxygens (including phenoxy) is 2. The number of nitrogens with one attached hydrogen (secondary N) is 1. The summed E-state index contributed by atoms with van der Waals surface area (Å²) in [5, 5.41) is 0.856. The fourth-order valence-electron chi connectivity index (χ4n) is 4.38. The maximum absolute atomic E-state index is 12.6. The Labute approximate surface area is 173 Å². The van der Waals surface area contributed by atoms with Crippen molar-refractivity contribution in [3.8, 4) is 11.5 Å². The summed E-state index contributed by atoms with van der Waals surface area (Å²) in [7, 11) is 3.32. The molecule has 0 amide bonds. The Kier molecular flexibility index (Phi) is 4.67. The van der Waals surface area contributed by atoms with Crippen LogP contribution in [0, 0.1) is 0 Å². The van der Waals surface area contributed by atoms with Gasteiger partial charge in [-0.15, -0.1) is 0 Å². The second kappa shape index (κ2) is 7.50. The average molecular weight is 405 g/mol. The van der Waals surface area contributed by atoms with Crippen molar-refractivity contribution in [2.45, 2.75) is 25.4 Å². The highest BCUT2D eigenvalue weighted by molar-refractivity contribution is 6.01. The van der Waals surface area contributed by atoms with E-state index in [1.54, 1.807) is 14.2 Å². The molecule has 1 N–H and O–H groups in total. The van der Waals surface area contributed by atoms with Crippen LogP contribution >= 0.6 is 0 Å². The molecule has 0 aliphatic carbocycles. The number of benzene rings is 2. The van der Waals surface area contributed by atoms with Crippen LogP contribution in [0.15, 0.2) is 51.7 Å². The highest BCUT2D eigenvalue weighted by atomic mass is 16.5. The van der Waals surface area contributed by atoms with E-state index in [-0.39, 0.29) is 17.2 Å². The first-order valence-electron chi connectivity index (χ1n) is 10.0. The zero-order valence-electron chi connectivity index (χ0n) is 17.0. The molecule has 1 aliphatic rings. The molecular formula is C23H23N3O4. The zero-order valence-corrected chi connectivity index (χ0v) is 17.0. The van der Waals surface area contributed by atoms with Crippen molar-refractivity contribution >= 4 is 22.1 Å². The summed E-state index contributed by atoms with van der Waals surface area (Å²) >= 11 is 0. The summed E-state index contributed by atoms with van der Waals surface area (Å²) in [6.07, 6.45) is 2.09. The first-order chi connectivity index (χ1) is 14.7. The number of H-pyrrole nitrogens is 1. The van der Waals surface area contributed by atoms with Crippen molar-refractivity contribution < 1.29 is 13.9 Å². The second-order valence-electron chi connectivity index (χ2n) is 7.52. The van der Waals surface area contributed by atoms with Gasteiger partial charge in [-0.25, -0.2) is 4.98 Å². The van der Waals surface area contributed by atoms with Gasteiger partial charge in [-0.2, -0.15) is 0 Å². The molecule has 3 heterocycles. The van der Waals surface area contributed by atoms with Gasteiger partial charge in [-0.3, -0.25) is 9.69 Å². The van der Waals surface area contributed by atoms with Crippen molar-refractivity contribution in [2.75, 3.05) is 20.8 Å². The Balaban J connectivity index is 1.50. The fourth-order valence-corrected chi connectivity index (χ4v) is 4.38. The van der Waals surface area contributed by atoms with E-state index in [0.717, 1.165) is 41.8 Å². The van der Waals surface area contributed by atoms with Crippen molar-refractivity contribution in [3.63, 3.8) is 0 Å². The molecule has 0 unspecified atom stereocenters. The minimum Gasteiger partial charge on any atom is -0.497 e. The molecule has 1 aliphatic heterocycles. The summed E-state index contributed by atoms with van der Waals surface area (Å²) in [4.78, 5) is 22.6. The number of rotatable bonds is 5. The van der Waals surface area contributed by atoms with E-state index in [1.807, 2.05) is 36.4 Å². The van der Waals surface area contributed by atoms with Crippen molar-refractivity contribution in [1.29, 1.82) is 0 Å². The first-order valence-corrected chi connectivity index (χ1v) is 10.0. The summed E-state index contributed by atoms with van der Waals surface area (Å²) in [5.74, 6) is 2.21. The van der Waals surface area contributed by atoms with Crippen LogP contribution in [0.3, 0.4) is 0 Å². The molecule has 1 saturated heterocycles. The highest BCUT2D eigenvalue weighted by Crippen LogP contribution is 2.39. The summed E-state index contributed by atoms with van der Waals surface area (Å²) in [6.45, 7) is 1.47. The van der Waals surface area contributed by atoms with Gasteiger partial charge in [0.1, 0.15) is 28.4 Å². The third-order valence-corrected chi connectivity index (χ3v) is 5.80. The molecule has 2 aromatic heterocycles. The first kappa shape index (κ1) is 18.7. The van der Waals surface area contributed by atoms with Gasteiger partial charge in [0, 0.05) is 23.1 Å². The number of fused-ring (bicyclic) bond motifs is 3. The largest absolute Gasteiger partial charge is 0.497 e. The van der Waals surface area contributed by atoms with Crippen LogP contribution in [0.2, 0.25) is 0 Å². The second-order valence-corrected chi connectivity index (χ2v) is 7.52. The summed E-state index contributed by atoms with van der Waals surface area (Å²) in [6, 6.07) is 13.7. The zero-order chi connectivity index (χ0) is 20.7. The van der Waals surface area contributed by atoms with Gasteiger partial charge in [0.15, 0.2) is 0 Å². The smallest absolute Gasteiger partial charge is 0.294 e. The predicted molar refractivity (Wildman–Crippen MR) is 114 cm³/mol. The molecule has 7 nitrogen and oxygen atoms in total. The van der Waals surface area contributed by atoms with Crippen LogP contribution in [-0.2, 0) is 6.54 Å². The highest BCUT2D eigenvalue weighted by Gasteiger charge is 2.29. The van der Waals surface area contributed by atoms with Crippen LogP contribution in [0.4, 0.5) is 0 Å². The van der Waals surface area contributed by atoms with E-state index >= 15 is 0 Å². The van der Waals surface area contributed by atoms with E-state index < -0.39 is 0 Å². The van der Waals surface area contributed by atoms with Crippen molar-refractivity contribution in [1.82, 2.24) is 14.9 Å². The SMILES string of the molecule is COc1ccc([C@@H]2CCCN2Cc2nc3c(oc4ccccc43)c(=O)[nH]2)c(OC)c1. The van der Waals surface area contributed by atoms with E-state index in [2.05, 4.69) is 16.0 Å². The quantitative estimate of drug-likeness (QED) is 0.540. The number of methoxy groups -OCH3 is 2. The fraction of sp³-hybridized carbons (Fsp3) is 0.304. The lowest BCUT2D eigenvalue weighted by Crippen LogP contribution is -2.25. The molecule has 0 radical (unpaired) electrons. The molecule has 4 aromatic rings. The lowest BCUT2D eigenvalue weighted by molar-refractivity contribution is 0.237. The monoisotopic (exact) mass is 405 g/mol. The molecule has 0 bridgehead atoms. The van der Waals surface area contributed by atoms with Crippen LogP contribution in [0.25, 0.3) is 22.1 Å². The summed E-state index contributed by atoms with van der Waals surface area (Å²) < 4.78 is 16.6. The molecule has 7 heteroatoms. The van der Waals surface area contributed by atoms with E-state index in [9.17, 15) is 4.79 Å². The minimum absolute atomic E-state index is 0.188. The van der Waals surface area contributed by atoms with Crippen molar-refractivity contribution in [2.24, 2.45) is 0 Å². The van der Waals surface area contributed by atoms with Crippen LogP contribution in [0.1, 0.15) is 30.3 Å². The molecule has 5 rings (SSSR count). The maximum atomic E-state index is 12.6. The number of furan rings is 1. The number of hydrogen-bond acceptors (Lipinski definition) is 6. The number of nitrogens with zero attached hydrogens (tertiary/aromatic N) is 2. The standard InChI is InChI=1S/C23H23N3O4/c1-28-14-9-10-15(19(12-14)29-2)17-7-5-11-26(17)13-20-24-21-16-6-3-4-8-18(16)30-22(21)23(27)25-20/h3-4,6,8-10,12,17H,5,7,11,13H2,1-2H3,(H,24,25,27)/t17-/m0/s1. The minimum atomic E-state index is -0.246. The number of likely N-dealkylation sites (tertiary alicyclic amines) is 1. The third kappa shape index (κ3) is 3.11. The Hall–Kier alpha value is -3.32. The third-order valence-electron chi connectivity index (χ3n) is 5.80. The molecule has 2 aromatic carbocycles. The molecule has 1 fully saturated rings. The van der Waals surface area contributed by atoms with Gasteiger partial charge in [0.2, 0.25) is 5.58 Å². The van der Waals surface area contributed by atoms with E-state index in [0.29, 0.717) is 23.5 Å². The van der Waals surface area contributed by atoms with Crippen LogP contribution in [-0.4, -0.2) is 35.6 Å². The lowest BCUT2D eigenvalue weighted by atomic mass is 10.0. The number of para-hydroxylation sites is 1. The van der Waals surface area contributed by atoms with Crippen molar-refractivity contribution in [3.05, 3.63) is 64.2 Å². The molecule has 0 saturated carbocycles. The van der Waals surface area contributed by atoms with Gasteiger partial charge < -0.3 is 18.9 Å². The topological polar surface area (TPSA) is 80.6 Å². The number of aromatic amines is 1. The number of hydrogen-bond donors (Lipinski definition) is 1. The van der Waals surface area contributed by atoms with E-state index in [4.69, 9.17) is 18.9 Å². The molecule has 30 heavy (non-hydrogen) atoms. The molecule has 154 valence electrons. The molecule has 0 spiro atoms. The Morgan fingerprint density at radius 1 is 1.20 bits per heavy atom. The molecule has 1 atom stereocenters. The normalized spacial score (nSPS) is 17.1. The van der Waals surface area contributed by atoms with Gasteiger partial charge in [-0.05, 0) is 37.6 Å². The van der Waals surface area contributed by atoms with Gasteiger partial charge >= 0.3 is 0 Å². The van der Waals surface area contributed by atoms with Crippen LogP contribution < -0.4 is 15.0 Å². The Bertz CT molecular complexity index is 1280. The van der Waals surface area contributed by atoms with Gasteiger partial charge in [0.05, 0.1) is 20.8 Å². The Morgan fingerprint density at radius 3 is 2.90 bits per heavy atom. The lowest BCUT2D eigenvalue weighted by Gasteiger charge is -2.25. The van der Waals surface area contributed by atoms with Gasteiger partial charge in [0.25, 0.3) is 5.56 Å². The average Bonchev–Trinajstić information content (AvgIpc) is 3.38.